The van der Waals surface area contributed by atoms with Gasteiger partial charge in [0.15, 0.2) is 0 Å². The highest BCUT2D eigenvalue weighted by Crippen LogP contribution is 2.30. The number of amides is 2. The number of para-hydroxylation sites is 1. The average Bonchev–Trinajstić information content (AvgIpc) is 3.13. The molecule has 0 bridgehead atoms. The minimum Gasteiger partial charge on any atom is -0.361 e. The van der Waals surface area contributed by atoms with Gasteiger partial charge in [-0.3, -0.25) is 14.3 Å². The molecule has 25 heavy (non-hydrogen) atoms. The maximum absolute atomic E-state index is 12.6. The number of piperidine rings is 1. The van der Waals surface area contributed by atoms with Gasteiger partial charge in [-0.15, -0.1) is 0 Å². The van der Waals surface area contributed by atoms with E-state index in [9.17, 15) is 9.59 Å². The van der Waals surface area contributed by atoms with Crippen molar-refractivity contribution in [3.05, 3.63) is 48.3 Å². The molecule has 1 spiro atoms. The molecule has 1 aromatic heterocycles. The molecule has 130 valence electrons. The summed E-state index contributed by atoms with van der Waals surface area (Å²) in [6.45, 7) is 1.77. The van der Waals surface area contributed by atoms with Crippen LogP contribution in [-0.4, -0.2) is 45.2 Å². The summed E-state index contributed by atoms with van der Waals surface area (Å²) in [5, 5.41) is 10.7. The molecule has 2 amide bonds. The van der Waals surface area contributed by atoms with E-state index in [0.717, 1.165) is 25.1 Å². The molecule has 2 aromatic rings. The topological polar surface area (TPSA) is 79.3 Å². The molecule has 0 aliphatic carbocycles. The number of carbonyl (C=O) groups is 2. The first-order valence-electron chi connectivity index (χ1n) is 8.60. The number of hydrogen-bond acceptors (Lipinski definition) is 4. The van der Waals surface area contributed by atoms with Crippen molar-refractivity contribution in [3.63, 3.8) is 0 Å². The van der Waals surface area contributed by atoms with E-state index < -0.39 is 5.66 Å². The van der Waals surface area contributed by atoms with Gasteiger partial charge in [0, 0.05) is 37.6 Å². The molecule has 0 unspecified atom stereocenters. The first kappa shape index (κ1) is 15.7. The van der Waals surface area contributed by atoms with Gasteiger partial charge >= 0.3 is 0 Å². The maximum atomic E-state index is 12.6. The van der Waals surface area contributed by atoms with Crippen LogP contribution < -0.4 is 10.6 Å². The Balaban J connectivity index is 1.46. The average molecular weight is 339 g/mol. The van der Waals surface area contributed by atoms with Crippen LogP contribution in [0, 0.1) is 0 Å². The zero-order chi connectivity index (χ0) is 17.3. The van der Waals surface area contributed by atoms with Crippen LogP contribution in [-0.2, 0) is 11.3 Å². The van der Waals surface area contributed by atoms with Gasteiger partial charge in [0.05, 0.1) is 12.1 Å². The van der Waals surface area contributed by atoms with Crippen molar-refractivity contribution in [3.8, 4) is 0 Å². The molecule has 1 saturated heterocycles. The van der Waals surface area contributed by atoms with E-state index in [0.29, 0.717) is 25.1 Å². The third kappa shape index (κ3) is 3.09. The fourth-order valence-corrected chi connectivity index (χ4v) is 3.64. The van der Waals surface area contributed by atoms with Gasteiger partial charge < -0.3 is 15.5 Å². The molecular weight excluding hydrogens is 318 g/mol. The zero-order valence-electron chi connectivity index (χ0n) is 13.9. The van der Waals surface area contributed by atoms with E-state index in [2.05, 4.69) is 15.7 Å². The lowest BCUT2D eigenvalue weighted by atomic mass is 9.93. The number of rotatable bonds is 3. The summed E-state index contributed by atoms with van der Waals surface area (Å²) in [7, 11) is 0. The van der Waals surface area contributed by atoms with Crippen molar-refractivity contribution in [2.45, 2.75) is 31.5 Å². The van der Waals surface area contributed by atoms with Gasteiger partial charge in [0.25, 0.3) is 5.91 Å². The minimum absolute atomic E-state index is 0.0832. The van der Waals surface area contributed by atoms with Crippen molar-refractivity contribution in [2.24, 2.45) is 0 Å². The first-order valence-corrected chi connectivity index (χ1v) is 8.60. The van der Waals surface area contributed by atoms with Gasteiger partial charge in [-0.25, -0.2) is 0 Å². The smallest absolute Gasteiger partial charge is 0.255 e. The van der Waals surface area contributed by atoms with Crippen LogP contribution in [0.5, 0.6) is 0 Å². The Morgan fingerprint density at radius 2 is 2.12 bits per heavy atom. The summed E-state index contributed by atoms with van der Waals surface area (Å²) in [5.41, 5.74) is 0.901. The number of benzene rings is 1. The van der Waals surface area contributed by atoms with E-state index in [1.807, 2.05) is 35.4 Å². The molecule has 3 heterocycles. The predicted octanol–water partition coefficient (Wildman–Crippen LogP) is 1.45. The molecule has 1 aromatic carbocycles. The highest BCUT2D eigenvalue weighted by Gasteiger charge is 2.41. The molecule has 2 aliphatic heterocycles. The molecule has 2 aliphatic rings. The molecule has 0 saturated carbocycles. The highest BCUT2D eigenvalue weighted by atomic mass is 16.2. The lowest BCUT2D eigenvalue weighted by molar-refractivity contribution is -0.133. The second-order valence-corrected chi connectivity index (χ2v) is 6.64. The number of nitrogens with zero attached hydrogens (tertiary/aromatic N) is 3. The standard InChI is InChI=1S/C18H21N5O2/c24-16(7-12-23-11-4-9-19-23)22-10-3-8-18(13-22)20-15-6-2-1-5-14(15)17(25)21-18/h1-2,4-6,9,11,20H,3,7-8,10,12-13H2,(H,21,25)/t18-/m1/s1. The van der Waals surface area contributed by atoms with Crippen LogP contribution in [0.15, 0.2) is 42.7 Å². The number of hydrogen-bond donors (Lipinski definition) is 2. The fraction of sp³-hybridized carbons (Fsp3) is 0.389. The van der Waals surface area contributed by atoms with E-state index in [4.69, 9.17) is 0 Å². The number of nitrogens with one attached hydrogen (secondary N) is 2. The van der Waals surface area contributed by atoms with E-state index in [1.54, 1.807) is 16.9 Å². The minimum atomic E-state index is -0.578. The number of fused-ring (bicyclic) bond motifs is 1. The second kappa shape index (κ2) is 6.23. The monoisotopic (exact) mass is 339 g/mol. The van der Waals surface area contributed by atoms with Crippen LogP contribution >= 0.6 is 0 Å². The maximum Gasteiger partial charge on any atom is 0.255 e. The Bertz CT molecular complexity index is 789. The fourth-order valence-electron chi connectivity index (χ4n) is 3.64. The third-order valence-corrected chi connectivity index (χ3v) is 4.86. The Kier molecular flexibility index (Phi) is 3.91. The normalized spacial score (nSPS) is 22.2. The molecule has 4 rings (SSSR count). The summed E-state index contributed by atoms with van der Waals surface area (Å²) in [4.78, 5) is 26.9. The van der Waals surface area contributed by atoms with Crippen molar-refractivity contribution >= 4 is 17.5 Å². The first-order chi connectivity index (χ1) is 12.2. The molecule has 0 radical (unpaired) electrons. The summed E-state index contributed by atoms with van der Waals surface area (Å²) >= 11 is 0. The summed E-state index contributed by atoms with van der Waals surface area (Å²) in [5.74, 6) is 0.00433. The van der Waals surface area contributed by atoms with Crippen LogP contribution in [0.25, 0.3) is 0 Å². The number of anilines is 1. The van der Waals surface area contributed by atoms with Crippen LogP contribution in [0.4, 0.5) is 5.69 Å². The molecule has 1 atom stereocenters. The zero-order valence-corrected chi connectivity index (χ0v) is 13.9. The summed E-state index contributed by atoms with van der Waals surface area (Å²) < 4.78 is 1.76. The number of carbonyl (C=O) groups excluding carboxylic acids is 2. The van der Waals surface area contributed by atoms with Gasteiger partial charge in [0.1, 0.15) is 5.66 Å². The van der Waals surface area contributed by atoms with E-state index in [-0.39, 0.29) is 11.8 Å². The van der Waals surface area contributed by atoms with E-state index >= 15 is 0 Å². The summed E-state index contributed by atoms with van der Waals surface area (Å²) in [6.07, 6.45) is 5.62. The van der Waals surface area contributed by atoms with E-state index in [1.165, 1.54) is 0 Å². The SMILES string of the molecule is O=C1N[C@@]2(CCCN(C(=O)CCn3cccn3)C2)Nc2ccccc21. The van der Waals surface area contributed by atoms with Crippen molar-refractivity contribution in [1.29, 1.82) is 0 Å². The van der Waals surface area contributed by atoms with Gasteiger partial charge in [-0.1, -0.05) is 12.1 Å². The third-order valence-electron chi connectivity index (χ3n) is 4.86. The Labute approximate surface area is 146 Å². The number of aromatic nitrogens is 2. The Hall–Kier alpha value is -2.83. The van der Waals surface area contributed by atoms with Crippen LogP contribution in [0.3, 0.4) is 0 Å². The molecule has 1 fully saturated rings. The molecule has 7 heteroatoms. The second-order valence-electron chi connectivity index (χ2n) is 6.64. The largest absolute Gasteiger partial charge is 0.361 e. The van der Waals surface area contributed by atoms with Gasteiger partial charge in [-0.05, 0) is 31.0 Å². The molecule has 2 N–H and O–H groups in total. The quantitative estimate of drug-likeness (QED) is 0.887. The lowest BCUT2D eigenvalue weighted by Crippen LogP contribution is -2.66. The number of likely N-dealkylation sites (tertiary alicyclic amines) is 1. The Morgan fingerprint density at radius 3 is 2.96 bits per heavy atom. The summed E-state index contributed by atoms with van der Waals surface area (Å²) in [6, 6.07) is 9.33. The Morgan fingerprint density at radius 1 is 1.24 bits per heavy atom. The highest BCUT2D eigenvalue weighted by molar-refractivity contribution is 6.02. The van der Waals surface area contributed by atoms with Crippen LogP contribution in [0.1, 0.15) is 29.6 Å². The van der Waals surface area contributed by atoms with Crippen molar-refractivity contribution in [1.82, 2.24) is 20.0 Å². The van der Waals surface area contributed by atoms with Crippen molar-refractivity contribution in [2.75, 3.05) is 18.4 Å². The van der Waals surface area contributed by atoms with Crippen LogP contribution in [0.2, 0.25) is 0 Å². The van der Waals surface area contributed by atoms with Crippen molar-refractivity contribution < 1.29 is 9.59 Å². The van der Waals surface area contributed by atoms with Gasteiger partial charge in [-0.2, -0.15) is 5.10 Å². The van der Waals surface area contributed by atoms with Gasteiger partial charge in [0.2, 0.25) is 5.91 Å². The molecule has 7 nitrogen and oxygen atoms in total. The molecular formula is C18H21N5O2. The lowest BCUT2D eigenvalue weighted by Gasteiger charge is -2.46. The predicted molar refractivity (Wildman–Crippen MR) is 92.9 cm³/mol. The number of aryl methyl sites for hydroxylation is 1.